The summed E-state index contributed by atoms with van der Waals surface area (Å²) in [5.41, 5.74) is 1.87. The summed E-state index contributed by atoms with van der Waals surface area (Å²) < 4.78 is 13.5. The first-order valence-electron chi connectivity index (χ1n) is 11.7. The van der Waals surface area contributed by atoms with E-state index in [1.807, 2.05) is 6.92 Å². The largest absolute Gasteiger partial charge is 0.508 e. The molecule has 182 valence electrons. The number of aromatic hydroxyl groups is 1. The third kappa shape index (κ3) is 4.41. The van der Waals surface area contributed by atoms with Gasteiger partial charge in [-0.2, -0.15) is 0 Å². The first kappa shape index (κ1) is 23.4. The molecule has 2 aliphatic heterocycles. The Morgan fingerprint density at radius 3 is 2.74 bits per heavy atom. The quantitative estimate of drug-likeness (QED) is 0.571. The second-order valence-electron chi connectivity index (χ2n) is 9.01. The van der Waals surface area contributed by atoms with Gasteiger partial charge in [-0.25, -0.2) is 9.37 Å². The van der Waals surface area contributed by atoms with Gasteiger partial charge >= 0.3 is 0 Å². The molecule has 3 aromatic rings. The second-order valence-corrected chi connectivity index (χ2v) is 10.2. The van der Waals surface area contributed by atoms with Gasteiger partial charge in [0.1, 0.15) is 23.5 Å². The normalized spacial score (nSPS) is 20.1. The van der Waals surface area contributed by atoms with Crippen LogP contribution in [0.5, 0.6) is 5.75 Å². The van der Waals surface area contributed by atoms with Gasteiger partial charge < -0.3 is 20.0 Å². The van der Waals surface area contributed by atoms with Crippen LogP contribution in [-0.4, -0.2) is 62.2 Å². The number of aliphatic hydroxyl groups excluding tert-OH is 1. The number of piperidine rings is 1. The van der Waals surface area contributed by atoms with Gasteiger partial charge in [-0.15, -0.1) is 11.3 Å². The number of thiazole rings is 1. The zero-order chi connectivity index (χ0) is 24.7. The fourth-order valence-corrected chi connectivity index (χ4v) is 5.88. The molecule has 0 saturated carbocycles. The van der Waals surface area contributed by atoms with E-state index in [1.54, 1.807) is 29.2 Å². The van der Waals surface area contributed by atoms with Crippen molar-refractivity contribution >= 4 is 23.2 Å². The Bertz CT molecular complexity index is 1280. The monoisotopic (exact) mass is 495 g/mol. The summed E-state index contributed by atoms with van der Waals surface area (Å²) in [6.07, 6.45) is 1.49. The van der Waals surface area contributed by atoms with Crippen molar-refractivity contribution in [2.45, 2.75) is 44.9 Å². The third-order valence-corrected chi connectivity index (χ3v) is 7.75. The molecule has 2 atom stereocenters. The van der Waals surface area contributed by atoms with E-state index in [9.17, 15) is 24.2 Å². The van der Waals surface area contributed by atoms with Gasteiger partial charge in [0.25, 0.3) is 11.8 Å². The lowest BCUT2D eigenvalue weighted by Crippen LogP contribution is -2.55. The predicted octanol–water partition coefficient (Wildman–Crippen LogP) is 3.97. The van der Waals surface area contributed by atoms with Crippen molar-refractivity contribution in [1.29, 1.82) is 0 Å². The maximum absolute atomic E-state index is 13.7. The summed E-state index contributed by atoms with van der Waals surface area (Å²) in [5, 5.41) is 21.6. The van der Waals surface area contributed by atoms with Crippen LogP contribution >= 0.6 is 11.3 Å². The van der Waals surface area contributed by atoms with E-state index in [0.717, 1.165) is 23.4 Å². The highest BCUT2D eigenvalue weighted by atomic mass is 32.1. The Morgan fingerprint density at radius 1 is 1.20 bits per heavy atom. The van der Waals surface area contributed by atoms with Gasteiger partial charge in [0.15, 0.2) is 0 Å². The van der Waals surface area contributed by atoms with Crippen LogP contribution in [0.4, 0.5) is 4.39 Å². The third-order valence-electron chi connectivity index (χ3n) is 6.73. The summed E-state index contributed by atoms with van der Waals surface area (Å²) in [6, 6.07) is 10.5. The lowest BCUT2D eigenvalue weighted by atomic mass is 9.94. The van der Waals surface area contributed by atoms with Crippen molar-refractivity contribution in [2.24, 2.45) is 0 Å². The van der Waals surface area contributed by atoms with Gasteiger partial charge in [-0.05, 0) is 56.0 Å². The molecule has 1 aromatic heterocycles. The van der Waals surface area contributed by atoms with Crippen molar-refractivity contribution in [3.05, 3.63) is 70.1 Å². The van der Waals surface area contributed by atoms with Gasteiger partial charge in [-0.3, -0.25) is 9.59 Å². The van der Waals surface area contributed by atoms with Crippen LogP contribution in [0.3, 0.4) is 0 Å². The van der Waals surface area contributed by atoms with Gasteiger partial charge in [-0.1, -0.05) is 18.2 Å². The highest BCUT2D eigenvalue weighted by Gasteiger charge is 2.38. The Kier molecular flexibility index (Phi) is 6.29. The molecule has 0 aliphatic carbocycles. The van der Waals surface area contributed by atoms with Crippen molar-refractivity contribution < 1.29 is 24.2 Å². The number of phenolic OH excluding ortho intramolecular Hbond substituents is 1. The molecule has 0 bridgehead atoms. The molecule has 5 rings (SSSR count). The molecule has 2 N–H and O–H groups in total. The maximum atomic E-state index is 13.7. The number of likely N-dealkylation sites (tertiary alicyclic amines) is 1. The number of hydrogen-bond donors (Lipinski definition) is 2. The highest BCUT2D eigenvalue weighted by Crippen LogP contribution is 2.34. The van der Waals surface area contributed by atoms with E-state index in [4.69, 9.17) is 0 Å². The average molecular weight is 496 g/mol. The van der Waals surface area contributed by atoms with E-state index in [0.29, 0.717) is 34.7 Å². The molecule has 0 radical (unpaired) electrons. The lowest BCUT2D eigenvalue weighted by Gasteiger charge is -2.41. The number of amides is 2. The van der Waals surface area contributed by atoms with E-state index >= 15 is 0 Å². The number of carbonyl (C=O) groups excluding carboxylic acids is 2. The predicted molar refractivity (Wildman–Crippen MR) is 130 cm³/mol. The minimum atomic E-state index is -1.08. The van der Waals surface area contributed by atoms with Crippen LogP contribution in [-0.2, 0) is 6.42 Å². The number of phenols is 1. The van der Waals surface area contributed by atoms with Crippen molar-refractivity contribution in [2.75, 3.05) is 13.1 Å². The molecule has 1 saturated heterocycles. The number of aryl methyl sites for hydroxylation is 1. The van der Waals surface area contributed by atoms with E-state index in [2.05, 4.69) is 4.98 Å². The number of benzene rings is 2. The zero-order valence-corrected chi connectivity index (χ0v) is 20.1. The van der Waals surface area contributed by atoms with Crippen LogP contribution in [0, 0.1) is 12.7 Å². The molecule has 2 aromatic carbocycles. The molecular formula is C26H26FN3O4S. The van der Waals surface area contributed by atoms with Crippen LogP contribution in [0.15, 0.2) is 42.5 Å². The number of hydrogen-bond acceptors (Lipinski definition) is 6. The SMILES string of the molecule is Cc1nc(C(=O)N2CCCC[C@H]2CN2C(=O)c3cccc(O)c3CC2O)c(-c2ccc(F)cc2)s1. The molecule has 0 spiro atoms. The zero-order valence-electron chi connectivity index (χ0n) is 19.3. The summed E-state index contributed by atoms with van der Waals surface area (Å²) in [4.78, 5) is 35.3. The van der Waals surface area contributed by atoms with Crippen LogP contribution in [0.1, 0.15) is 50.7 Å². The number of rotatable bonds is 4. The molecule has 9 heteroatoms. The average Bonchev–Trinajstić information content (AvgIpc) is 3.24. The molecule has 1 unspecified atom stereocenters. The Hall–Kier alpha value is -3.30. The lowest BCUT2D eigenvalue weighted by molar-refractivity contribution is -0.0126. The molecule has 3 heterocycles. The Balaban J connectivity index is 1.42. The Labute approximate surface area is 206 Å². The first-order chi connectivity index (χ1) is 16.8. The van der Waals surface area contributed by atoms with Gasteiger partial charge in [0.05, 0.1) is 9.88 Å². The highest BCUT2D eigenvalue weighted by molar-refractivity contribution is 7.15. The van der Waals surface area contributed by atoms with E-state index in [-0.39, 0.29) is 42.4 Å². The Morgan fingerprint density at radius 2 is 1.97 bits per heavy atom. The number of fused-ring (bicyclic) bond motifs is 1. The number of halogens is 1. The first-order valence-corrected chi connectivity index (χ1v) is 12.5. The second kappa shape index (κ2) is 9.39. The number of aliphatic hydroxyl groups is 1. The topological polar surface area (TPSA) is 94.0 Å². The van der Waals surface area contributed by atoms with Crippen molar-refractivity contribution in [3.63, 3.8) is 0 Å². The van der Waals surface area contributed by atoms with Gasteiger partial charge in [0.2, 0.25) is 0 Å². The molecule has 7 nitrogen and oxygen atoms in total. The molecular weight excluding hydrogens is 469 g/mol. The van der Waals surface area contributed by atoms with Crippen molar-refractivity contribution in [1.82, 2.24) is 14.8 Å². The minimum Gasteiger partial charge on any atom is -0.508 e. The van der Waals surface area contributed by atoms with Crippen LogP contribution < -0.4 is 0 Å². The summed E-state index contributed by atoms with van der Waals surface area (Å²) in [7, 11) is 0. The van der Waals surface area contributed by atoms with Crippen LogP contribution in [0.2, 0.25) is 0 Å². The van der Waals surface area contributed by atoms with E-state index < -0.39 is 6.23 Å². The van der Waals surface area contributed by atoms with Gasteiger partial charge in [0, 0.05) is 36.7 Å². The number of nitrogens with zero attached hydrogens (tertiary/aromatic N) is 3. The molecule has 35 heavy (non-hydrogen) atoms. The summed E-state index contributed by atoms with van der Waals surface area (Å²) in [6.45, 7) is 2.55. The van der Waals surface area contributed by atoms with Crippen molar-refractivity contribution in [3.8, 4) is 16.2 Å². The molecule has 2 amide bonds. The smallest absolute Gasteiger partial charge is 0.274 e. The fourth-order valence-electron chi connectivity index (χ4n) is 4.97. The number of carbonyl (C=O) groups is 2. The van der Waals surface area contributed by atoms with E-state index in [1.165, 1.54) is 34.4 Å². The van der Waals surface area contributed by atoms with Crippen LogP contribution in [0.25, 0.3) is 10.4 Å². The maximum Gasteiger partial charge on any atom is 0.274 e. The fraction of sp³-hybridized carbons (Fsp3) is 0.346. The minimum absolute atomic E-state index is 0.00348. The number of aromatic nitrogens is 1. The molecule has 2 aliphatic rings. The molecule has 1 fully saturated rings. The summed E-state index contributed by atoms with van der Waals surface area (Å²) in [5.74, 6) is -0.936. The standard InChI is InChI=1S/C26H26FN3O4S/c1-15-28-23(24(35-15)16-8-10-17(27)11-9-16)26(34)29-12-3-2-5-18(29)14-30-22(32)13-20-19(25(30)33)6-4-7-21(20)31/h4,6-11,18,22,31-32H,2-3,5,12-14H2,1H3/t18-,22?/m0/s1. The summed E-state index contributed by atoms with van der Waals surface area (Å²) >= 11 is 1.39.